The van der Waals surface area contributed by atoms with E-state index in [4.69, 9.17) is 9.47 Å². The zero-order valence-corrected chi connectivity index (χ0v) is 21.7. The number of esters is 1. The van der Waals surface area contributed by atoms with Crippen molar-refractivity contribution >= 4 is 35.4 Å². The van der Waals surface area contributed by atoms with Gasteiger partial charge in [-0.3, -0.25) is 9.59 Å². The van der Waals surface area contributed by atoms with Gasteiger partial charge >= 0.3 is 12.1 Å². The summed E-state index contributed by atoms with van der Waals surface area (Å²) in [5.74, 6) is 0.163. The first-order valence-corrected chi connectivity index (χ1v) is 12.8. The zero-order chi connectivity index (χ0) is 25.5. The monoisotopic (exact) mass is 498 g/mol. The molecule has 0 spiro atoms. The number of carbonyl (C=O) groups excluding carboxylic acids is 3. The van der Waals surface area contributed by atoms with Crippen LogP contribution in [0.3, 0.4) is 0 Å². The van der Waals surface area contributed by atoms with Crippen molar-refractivity contribution in [1.82, 2.24) is 4.90 Å². The van der Waals surface area contributed by atoms with Gasteiger partial charge in [-0.1, -0.05) is 18.2 Å². The molecule has 1 aliphatic heterocycles. The summed E-state index contributed by atoms with van der Waals surface area (Å²) < 4.78 is 10.9. The van der Waals surface area contributed by atoms with E-state index in [2.05, 4.69) is 5.32 Å². The largest absolute Gasteiger partial charge is 0.466 e. The van der Waals surface area contributed by atoms with E-state index in [0.29, 0.717) is 49.5 Å². The molecule has 0 atom stereocenters. The lowest BCUT2D eigenvalue weighted by molar-refractivity contribution is -0.156. The summed E-state index contributed by atoms with van der Waals surface area (Å²) in [6.45, 7) is 8.53. The molecular formula is C27H34N2O5S. The number of nitrogens with one attached hydrogen (secondary N) is 1. The van der Waals surface area contributed by atoms with E-state index in [0.717, 1.165) is 4.90 Å². The molecule has 188 valence electrons. The van der Waals surface area contributed by atoms with Crippen LogP contribution in [0.4, 0.5) is 10.5 Å². The highest BCUT2D eigenvalue weighted by Crippen LogP contribution is 2.39. The van der Waals surface area contributed by atoms with Gasteiger partial charge in [0.15, 0.2) is 0 Å². The van der Waals surface area contributed by atoms with Crippen LogP contribution in [0.2, 0.25) is 0 Å². The van der Waals surface area contributed by atoms with E-state index >= 15 is 0 Å². The Labute approximate surface area is 211 Å². The molecule has 1 heterocycles. The van der Waals surface area contributed by atoms with Crippen LogP contribution in [0.15, 0.2) is 59.5 Å². The molecule has 1 fully saturated rings. The van der Waals surface area contributed by atoms with Crippen molar-refractivity contribution in [3.8, 4) is 0 Å². The van der Waals surface area contributed by atoms with E-state index < -0.39 is 11.0 Å². The first-order valence-electron chi connectivity index (χ1n) is 11.9. The number of nitrogens with zero attached hydrogens (tertiary/aromatic N) is 1. The summed E-state index contributed by atoms with van der Waals surface area (Å²) in [5, 5.41) is 2.89. The van der Waals surface area contributed by atoms with Crippen LogP contribution in [-0.2, 0) is 14.3 Å². The third-order valence-electron chi connectivity index (χ3n) is 5.74. The summed E-state index contributed by atoms with van der Waals surface area (Å²) in [5.41, 5.74) is 0.0726. The standard InChI is InChI=1S/C27H34N2O5S/c1-5-33-24(31)27(15-17-29(18-16-27)25(32)34-26(2,3)4)19-35-22-13-11-21(12-14-22)28-23(30)20-9-7-6-8-10-20/h6-14H,5,15-19H2,1-4H3,(H,28,30). The van der Waals surface area contributed by atoms with Gasteiger partial charge in [0.1, 0.15) is 5.60 Å². The Morgan fingerprint density at radius 1 is 1.00 bits per heavy atom. The van der Waals surface area contributed by atoms with Crippen molar-refractivity contribution in [1.29, 1.82) is 0 Å². The van der Waals surface area contributed by atoms with Crippen molar-refractivity contribution in [2.24, 2.45) is 5.41 Å². The van der Waals surface area contributed by atoms with Crippen molar-refractivity contribution in [2.75, 3.05) is 30.8 Å². The molecule has 2 aromatic carbocycles. The Morgan fingerprint density at radius 2 is 1.63 bits per heavy atom. The predicted molar refractivity (Wildman–Crippen MR) is 138 cm³/mol. The van der Waals surface area contributed by atoms with Gasteiger partial charge in [-0.2, -0.15) is 0 Å². The molecule has 2 aromatic rings. The number of benzene rings is 2. The molecule has 7 nitrogen and oxygen atoms in total. The third kappa shape index (κ3) is 7.49. The smallest absolute Gasteiger partial charge is 0.410 e. The second kappa shape index (κ2) is 11.6. The SMILES string of the molecule is CCOC(=O)C1(CSc2ccc(NC(=O)c3ccccc3)cc2)CCN(C(=O)OC(C)(C)C)CC1. The van der Waals surface area contributed by atoms with Crippen molar-refractivity contribution in [3.05, 3.63) is 60.2 Å². The number of amides is 2. The molecule has 35 heavy (non-hydrogen) atoms. The highest BCUT2D eigenvalue weighted by molar-refractivity contribution is 7.99. The molecule has 0 aliphatic carbocycles. The molecule has 8 heteroatoms. The Balaban J connectivity index is 1.61. The maximum absolute atomic E-state index is 12.9. The van der Waals surface area contributed by atoms with E-state index in [1.165, 1.54) is 0 Å². The summed E-state index contributed by atoms with van der Waals surface area (Å²) >= 11 is 1.58. The maximum atomic E-state index is 12.9. The van der Waals surface area contributed by atoms with E-state index in [9.17, 15) is 14.4 Å². The average molecular weight is 499 g/mol. The van der Waals surface area contributed by atoms with Gasteiger partial charge in [0, 0.05) is 35.0 Å². The number of likely N-dealkylation sites (tertiary alicyclic amines) is 1. The normalized spacial score (nSPS) is 15.3. The lowest BCUT2D eigenvalue weighted by atomic mass is 9.80. The number of anilines is 1. The van der Waals surface area contributed by atoms with Crippen LogP contribution in [0.5, 0.6) is 0 Å². The number of rotatable bonds is 7. The molecule has 1 aliphatic rings. The molecular weight excluding hydrogens is 464 g/mol. The van der Waals surface area contributed by atoms with Gasteiger partial charge in [0.25, 0.3) is 5.91 Å². The van der Waals surface area contributed by atoms with Gasteiger partial charge < -0.3 is 19.7 Å². The van der Waals surface area contributed by atoms with Crippen LogP contribution in [-0.4, -0.2) is 53.9 Å². The number of hydrogen-bond acceptors (Lipinski definition) is 6. The number of piperidine rings is 1. The fraction of sp³-hybridized carbons (Fsp3) is 0.444. The van der Waals surface area contributed by atoms with Crippen LogP contribution in [0.25, 0.3) is 0 Å². The fourth-order valence-corrected chi connectivity index (χ4v) is 4.96. The maximum Gasteiger partial charge on any atom is 0.410 e. The molecule has 1 saturated heterocycles. The number of thioether (sulfide) groups is 1. The van der Waals surface area contributed by atoms with Crippen LogP contribution in [0, 0.1) is 5.41 Å². The highest BCUT2D eigenvalue weighted by atomic mass is 32.2. The summed E-state index contributed by atoms with van der Waals surface area (Å²) in [4.78, 5) is 40.4. The summed E-state index contributed by atoms with van der Waals surface area (Å²) in [6, 6.07) is 16.6. The van der Waals surface area contributed by atoms with Gasteiger partial charge in [-0.05, 0) is 76.9 Å². The third-order valence-corrected chi connectivity index (χ3v) is 7.05. The van der Waals surface area contributed by atoms with Gasteiger partial charge in [0.05, 0.1) is 12.0 Å². The Morgan fingerprint density at radius 3 is 2.20 bits per heavy atom. The quantitative estimate of drug-likeness (QED) is 0.394. The van der Waals surface area contributed by atoms with E-state index in [1.54, 1.807) is 35.7 Å². The first-order chi connectivity index (χ1) is 16.6. The summed E-state index contributed by atoms with van der Waals surface area (Å²) in [6.07, 6.45) is 0.683. The van der Waals surface area contributed by atoms with E-state index in [1.807, 2.05) is 63.2 Å². The van der Waals surface area contributed by atoms with Gasteiger partial charge in [-0.15, -0.1) is 11.8 Å². The highest BCUT2D eigenvalue weighted by Gasteiger charge is 2.44. The molecule has 3 rings (SSSR count). The second-order valence-electron chi connectivity index (χ2n) is 9.60. The zero-order valence-electron chi connectivity index (χ0n) is 20.8. The van der Waals surface area contributed by atoms with Crippen LogP contribution in [0.1, 0.15) is 50.9 Å². The molecule has 0 radical (unpaired) electrons. The van der Waals surface area contributed by atoms with Gasteiger partial charge in [0.2, 0.25) is 0 Å². The molecule has 0 aromatic heterocycles. The summed E-state index contributed by atoms with van der Waals surface area (Å²) in [7, 11) is 0. The van der Waals surface area contributed by atoms with Gasteiger partial charge in [-0.25, -0.2) is 4.79 Å². The lowest BCUT2D eigenvalue weighted by Gasteiger charge is -2.40. The first kappa shape index (κ1) is 26.6. The lowest BCUT2D eigenvalue weighted by Crippen LogP contribution is -2.49. The number of ether oxygens (including phenoxy) is 2. The van der Waals surface area contributed by atoms with Crippen molar-refractivity contribution in [3.63, 3.8) is 0 Å². The Kier molecular flexibility index (Phi) is 8.83. The Hall–Kier alpha value is -3.00. The minimum atomic E-state index is -0.667. The Bertz CT molecular complexity index is 1010. The minimum Gasteiger partial charge on any atom is -0.466 e. The van der Waals surface area contributed by atoms with Crippen LogP contribution >= 0.6 is 11.8 Å². The topological polar surface area (TPSA) is 84.9 Å². The molecule has 1 N–H and O–H groups in total. The van der Waals surface area contributed by atoms with Crippen molar-refractivity contribution in [2.45, 2.75) is 51.0 Å². The number of hydrogen-bond donors (Lipinski definition) is 1. The molecule has 0 bridgehead atoms. The molecule has 2 amide bonds. The van der Waals surface area contributed by atoms with Crippen LogP contribution < -0.4 is 5.32 Å². The molecule has 0 unspecified atom stereocenters. The minimum absolute atomic E-state index is 0.163. The number of carbonyl (C=O) groups is 3. The molecule has 0 saturated carbocycles. The van der Waals surface area contributed by atoms with E-state index in [-0.39, 0.29) is 18.0 Å². The predicted octanol–water partition coefficient (Wildman–Crippen LogP) is 5.61. The second-order valence-corrected chi connectivity index (χ2v) is 10.7. The fourth-order valence-electron chi connectivity index (χ4n) is 3.78. The van der Waals surface area contributed by atoms with Crippen molar-refractivity contribution < 1.29 is 23.9 Å². The average Bonchev–Trinajstić information content (AvgIpc) is 2.83.